The number of rotatable bonds is 4. The molecule has 0 aromatic heterocycles. The van der Waals surface area contributed by atoms with E-state index in [1.165, 1.54) is 10.5 Å². The highest BCUT2D eigenvalue weighted by Gasteiger charge is 2.51. The van der Waals surface area contributed by atoms with E-state index in [9.17, 15) is 9.90 Å². The summed E-state index contributed by atoms with van der Waals surface area (Å²) in [5, 5.41) is 9.32. The lowest BCUT2D eigenvalue weighted by atomic mass is 9.75. The molecule has 166 valence electrons. The van der Waals surface area contributed by atoms with Gasteiger partial charge in [-0.15, -0.1) is 0 Å². The Kier molecular flexibility index (Phi) is 5.98. The molecule has 2 saturated heterocycles. The fourth-order valence-electron chi connectivity index (χ4n) is 4.98. The van der Waals surface area contributed by atoms with Crippen LogP contribution in [0.3, 0.4) is 0 Å². The lowest BCUT2D eigenvalue weighted by Crippen LogP contribution is -2.46. The van der Waals surface area contributed by atoms with Crippen molar-refractivity contribution in [2.75, 3.05) is 13.1 Å². The Labute approximate surface area is 185 Å². The van der Waals surface area contributed by atoms with Crippen molar-refractivity contribution in [1.82, 2.24) is 4.90 Å². The molecule has 2 atom stereocenters. The van der Waals surface area contributed by atoms with Gasteiger partial charge in [-0.05, 0) is 47.9 Å². The van der Waals surface area contributed by atoms with Crippen molar-refractivity contribution in [3.63, 3.8) is 0 Å². The molecule has 2 fully saturated rings. The Hall–Kier alpha value is -2.53. The predicted octanol–water partition coefficient (Wildman–Crippen LogP) is 5.70. The second-order valence-electron chi connectivity index (χ2n) is 10.0. The Morgan fingerprint density at radius 2 is 1.84 bits per heavy atom. The van der Waals surface area contributed by atoms with Crippen LogP contribution in [0.2, 0.25) is 0 Å². The van der Waals surface area contributed by atoms with Gasteiger partial charge >= 0.3 is 6.09 Å². The molecule has 0 saturated carbocycles. The van der Waals surface area contributed by atoms with Crippen LogP contribution < -0.4 is 4.74 Å². The summed E-state index contributed by atoms with van der Waals surface area (Å²) in [4.78, 5) is 12.8. The molecule has 5 nitrogen and oxygen atoms in total. The first-order valence-corrected chi connectivity index (χ1v) is 11.2. The zero-order valence-corrected chi connectivity index (χ0v) is 18.7. The van der Waals surface area contributed by atoms with Crippen LogP contribution in [0.25, 0.3) is 0 Å². The highest BCUT2D eigenvalue weighted by molar-refractivity contribution is 5.65. The monoisotopic (exact) mass is 423 g/mol. The Morgan fingerprint density at radius 1 is 1.13 bits per heavy atom. The van der Waals surface area contributed by atoms with Crippen molar-refractivity contribution in [1.29, 1.82) is 0 Å². The zero-order chi connectivity index (χ0) is 22.1. The first-order valence-electron chi connectivity index (χ1n) is 11.2. The van der Waals surface area contributed by atoms with Gasteiger partial charge in [0.05, 0.1) is 11.7 Å². The summed E-state index contributed by atoms with van der Waals surface area (Å²) in [6, 6.07) is 18.6. The molecule has 2 unspecified atom stereocenters. The van der Waals surface area contributed by atoms with Gasteiger partial charge in [-0.1, -0.05) is 63.2 Å². The first-order chi connectivity index (χ1) is 14.8. The standard InChI is InChI=1S/C26H33NO4/c1-25(2,3)23-22(17-26(31-23)12-14-27(15-13-26)24(28)29)20-10-7-11-21(16-20)30-18-19-8-5-4-6-9-19/h4-11,16,22-23H,12-15,17-18H2,1-3H3,(H,28,29). The highest BCUT2D eigenvalue weighted by Crippen LogP contribution is 2.51. The van der Waals surface area contributed by atoms with E-state index in [4.69, 9.17) is 9.47 Å². The lowest BCUT2D eigenvalue weighted by molar-refractivity contribution is -0.105. The molecular weight excluding hydrogens is 390 g/mol. The van der Waals surface area contributed by atoms with Gasteiger partial charge in [0.25, 0.3) is 0 Å². The maximum atomic E-state index is 11.3. The van der Waals surface area contributed by atoms with E-state index in [-0.39, 0.29) is 23.0 Å². The minimum Gasteiger partial charge on any atom is -0.489 e. The van der Waals surface area contributed by atoms with Crippen molar-refractivity contribution >= 4 is 6.09 Å². The number of piperidine rings is 1. The summed E-state index contributed by atoms with van der Waals surface area (Å²) < 4.78 is 12.8. The van der Waals surface area contributed by atoms with E-state index in [1.54, 1.807) is 0 Å². The van der Waals surface area contributed by atoms with Crippen LogP contribution in [0.4, 0.5) is 4.79 Å². The van der Waals surface area contributed by atoms with Gasteiger partial charge in [-0.3, -0.25) is 0 Å². The normalized spacial score (nSPS) is 23.1. The number of nitrogens with zero attached hydrogens (tertiary/aromatic N) is 1. The van der Waals surface area contributed by atoms with Gasteiger partial charge in [0.2, 0.25) is 0 Å². The van der Waals surface area contributed by atoms with E-state index in [0.29, 0.717) is 19.7 Å². The molecule has 1 spiro atoms. The second-order valence-corrected chi connectivity index (χ2v) is 10.0. The molecule has 2 aromatic carbocycles. The van der Waals surface area contributed by atoms with Gasteiger partial charge < -0.3 is 19.5 Å². The summed E-state index contributed by atoms with van der Waals surface area (Å²) in [7, 11) is 0. The number of benzene rings is 2. The molecule has 2 heterocycles. The summed E-state index contributed by atoms with van der Waals surface area (Å²) in [6.45, 7) is 8.31. The largest absolute Gasteiger partial charge is 0.489 e. The molecule has 2 aliphatic rings. The van der Waals surface area contributed by atoms with Gasteiger partial charge in [0.15, 0.2) is 0 Å². The number of likely N-dealkylation sites (tertiary alicyclic amines) is 1. The molecule has 0 radical (unpaired) electrons. The molecular formula is C26H33NO4. The van der Waals surface area contributed by atoms with Crippen molar-refractivity contribution in [2.45, 2.75) is 64.3 Å². The minimum absolute atomic E-state index is 0.0149. The number of carbonyl (C=O) groups is 1. The summed E-state index contributed by atoms with van der Waals surface area (Å²) >= 11 is 0. The molecule has 0 bridgehead atoms. The topological polar surface area (TPSA) is 59.0 Å². The van der Waals surface area contributed by atoms with Crippen molar-refractivity contribution in [3.8, 4) is 5.75 Å². The SMILES string of the molecule is CC(C)(C)C1OC2(CCN(C(=O)O)CC2)CC1c1cccc(OCc2ccccc2)c1. The number of carboxylic acid groups (broad SMARTS) is 1. The maximum Gasteiger partial charge on any atom is 0.407 e. The van der Waals surface area contributed by atoms with E-state index in [1.807, 2.05) is 24.3 Å². The molecule has 1 amide bonds. The Balaban J connectivity index is 1.52. The molecule has 31 heavy (non-hydrogen) atoms. The summed E-state index contributed by atoms with van der Waals surface area (Å²) in [6.07, 6.45) is 1.68. The predicted molar refractivity (Wildman–Crippen MR) is 120 cm³/mol. The Morgan fingerprint density at radius 3 is 2.48 bits per heavy atom. The fourth-order valence-corrected chi connectivity index (χ4v) is 4.98. The smallest absolute Gasteiger partial charge is 0.407 e. The van der Waals surface area contributed by atoms with Crippen LogP contribution in [0.15, 0.2) is 54.6 Å². The van der Waals surface area contributed by atoms with Crippen LogP contribution in [0.1, 0.15) is 57.1 Å². The molecule has 2 aliphatic heterocycles. The van der Waals surface area contributed by atoms with Gasteiger partial charge in [0.1, 0.15) is 12.4 Å². The van der Waals surface area contributed by atoms with Crippen LogP contribution in [-0.4, -0.2) is 40.9 Å². The number of ether oxygens (including phenoxy) is 2. The average molecular weight is 424 g/mol. The summed E-state index contributed by atoms with van der Waals surface area (Å²) in [5.74, 6) is 1.13. The number of amides is 1. The van der Waals surface area contributed by atoms with Crippen LogP contribution in [0.5, 0.6) is 5.75 Å². The third-order valence-corrected chi connectivity index (χ3v) is 6.67. The fraction of sp³-hybridized carbons (Fsp3) is 0.500. The molecule has 1 N–H and O–H groups in total. The van der Waals surface area contributed by atoms with Crippen molar-refractivity contribution in [3.05, 3.63) is 65.7 Å². The summed E-state index contributed by atoms with van der Waals surface area (Å²) in [5.41, 5.74) is 2.13. The van der Waals surface area contributed by atoms with Crippen LogP contribution in [-0.2, 0) is 11.3 Å². The third kappa shape index (κ3) is 4.87. The number of hydrogen-bond acceptors (Lipinski definition) is 3. The van der Waals surface area contributed by atoms with Gasteiger partial charge in [0, 0.05) is 19.0 Å². The van der Waals surface area contributed by atoms with Crippen molar-refractivity contribution < 1.29 is 19.4 Å². The van der Waals surface area contributed by atoms with Crippen LogP contribution >= 0.6 is 0 Å². The average Bonchev–Trinajstić information content (AvgIpc) is 3.13. The van der Waals surface area contributed by atoms with E-state index >= 15 is 0 Å². The van der Waals surface area contributed by atoms with Crippen LogP contribution in [0, 0.1) is 5.41 Å². The minimum atomic E-state index is -0.833. The zero-order valence-electron chi connectivity index (χ0n) is 18.7. The van der Waals surface area contributed by atoms with E-state index < -0.39 is 6.09 Å². The van der Waals surface area contributed by atoms with E-state index in [2.05, 4.69) is 51.1 Å². The van der Waals surface area contributed by atoms with E-state index in [0.717, 1.165) is 30.6 Å². The second kappa shape index (κ2) is 8.54. The van der Waals surface area contributed by atoms with Gasteiger partial charge in [-0.25, -0.2) is 4.79 Å². The Bertz CT molecular complexity index is 897. The first kappa shape index (κ1) is 21.7. The molecule has 4 rings (SSSR count). The van der Waals surface area contributed by atoms with Crippen molar-refractivity contribution in [2.24, 2.45) is 5.41 Å². The van der Waals surface area contributed by atoms with Gasteiger partial charge in [-0.2, -0.15) is 0 Å². The lowest BCUT2D eigenvalue weighted by Gasteiger charge is -2.39. The molecule has 5 heteroatoms. The quantitative estimate of drug-likeness (QED) is 0.686. The molecule has 0 aliphatic carbocycles. The number of hydrogen-bond donors (Lipinski definition) is 1. The molecule has 2 aromatic rings. The maximum absolute atomic E-state index is 11.3. The highest BCUT2D eigenvalue weighted by atomic mass is 16.5. The third-order valence-electron chi connectivity index (χ3n) is 6.67.